The molecule has 1 fully saturated rings. The molecule has 1 saturated carbocycles. The van der Waals surface area contributed by atoms with E-state index < -0.39 is 0 Å². The SMILES string of the molecule is O=C([Se-])[C]1[CH][CH][CH][CH]1. The van der Waals surface area contributed by atoms with E-state index >= 15 is 0 Å². The third-order valence-electron chi connectivity index (χ3n) is 0.898. The van der Waals surface area contributed by atoms with Crippen molar-refractivity contribution < 1.29 is 4.79 Å². The van der Waals surface area contributed by atoms with Crippen LogP contribution < -0.4 is 0 Å². The van der Waals surface area contributed by atoms with Crippen LogP contribution in [0.4, 0.5) is 0 Å². The fourth-order valence-corrected chi connectivity index (χ4v) is 0.796. The summed E-state index contributed by atoms with van der Waals surface area (Å²) in [6.45, 7) is 0. The normalized spacial score (nSPS) is 21.5. The summed E-state index contributed by atoms with van der Waals surface area (Å²) in [6.07, 6.45) is 7.23. The van der Waals surface area contributed by atoms with E-state index in [9.17, 15) is 4.79 Å². The van der Waals surface area contributed by atoms with Gasteiger partial charge in [0.15, 0.2) is 0 Å². The molecule has 0 N–H and O–H groups in total. The maximum atomic E-state index is 10.5. The molecule has 2 heteroatoms. The zero-order chi connectivity index (χ0) is 5.98. The zero-order valence-corrected chi connectivity index (χ0v) is 5.84. The monoisotopic (exact) mass is 172 g/mol. The first-order valence-electron chi connectivity index (χ1n) is 2.24. The molecule has 1 rings (SSSR count). The van der Waals surface area contributed by atoms with Crippen LogP contribution in [0, 0.1) is 31.6 Å². The number of hydrogen-bond acceptors (Lipinski definition) is 1. The van der Waals surface area contributed by atoms with Gasteiger partial charge in [-0.3, -0.25) is 0 Å². The quantitative estimate of drug-likeness (QED) is 0.511. The average Bonchev–Trinajstić information content (AvgIpc) is 2.12. The van der Waals surface area contributed by atoms with E-state index in [1.807, 2.05) is 12.8 Å². The van der Waals surface area contributed by atoms with Gasteiger partial charge in [0, 0.05) is 0 Å². The van der Waals surface area contributed by atoms with E-state index in [-0.39, 0.29) is 4.68 Å². The molecule has 41 valence electrons. The van der Waals surface area contributed by atoms with E-state index in [2.05, 4.69) is 16.0 Å². The zero-order valence-electron chi connectivity index (χ0n) is 4.13. The summed E-state index contributed by atoms with van der Waals surface area (Å²) in [6, 6.07) is 0. The van der Waals surface area contributed by atoms with Crippen LogP contribution in [0.15, 0.2) is 0 Å². The molecule has 5 radical (unpaired) electrons. The van der Waals surface area contributed by atoms with Crippen molar-refractivity contribution in [3.05, 3.63) is 31.6 Å². The van der Waals surface area contributed by atoms with Crippen LogP contribution in [0.2, 0.25) is 0 Å². The molecule has 0 aromatic heterocycles. The van der Waals surface area contributed by atoms with E-state index in [0.717, 1.165) is 5.92 Å². The number of carbonyl (C=O) groups is 1. The Morgan fingerprint density at radius 1 is 1.38 bits per heavy atom. The van der Waals surface area contributed by atoms with E-state index in [1.54, 1.807) is 12.8 Å². The molecule has 0 aromatic carbocycles. The molecule has 0 aliphatic heterocycles. The molecule has 0 saturated heterocycles. The van der Waals surface area contributed by atoms with Crippen molar-refractivity contribution in [2.75, 3.05) is 0 Å². The summed E-state index contributed by atoms with van der Waals surface area (Å²) in [7, 11) is 0. The van der Waals surface area contributed by atoms with E-state index in [4.69, 9.17) is 0 Å². The van der Waals surface area contributed by atoms with Gasteiger partial charge in [0.2, 0.25) is 0 Å². The van der Waals surface area contributed by atoms with Gasteiger partial charge in [-0.15, -0.1) is 0 Å². The molecule has 1 nitrogen and oxygen atoms in total. The molecule has 0 aromatic rings. The summed E-state index contributed by atoms with van der Waals surface area (Å²) in [5.74, 6) is 0.741. The Kier molecular flexibility index (Phi) is 2.09. The Morgan fingerprint density at radius 2 is 1.88 bits per heavy atom. The van der Waals surface area contributed by atoms with Gasteiger partial charge in [-0.25, -0.2) is 0 Å². The predicted octanol–water partition coefficient (Wildman–Crippen LogP) is 0.0867. The van der Waals surface area contributed by atoms with Gasteiger partial charge < -0.3 is 0 Å². The number of carbonyl (C=O) groups excluding carboxylic acids is 1. The molecule has 0 heterocycles. The Bertz CT molecular complexity index is 94.7. The van der Waals surface area contributed by atoms with E-state index in [1.165, 1.54) is 0 Å². The second-order valence-electron chi connectivity index (χ2n) is 1.46. The molecule has 0 amide bonds. The topological polar surface area (TPSA) is 17.1 Å². The van der Waals surface area contributed by atoms with Crippen molar-refractivity contribution >= 4 is 20.7 Å². The summed E-state index contributed by atoms with van der Waals surface area (Å²) < 4.78 is 0.00926. The van der Waals surface area contributed by atoms with Crippen molar-refractivity contribution in [1.82, 2.24) is 0 Å². The molecular formula is C6H4OSe-. The summed E-state index contributed by atoms with van der Waals surface area (Å²) in [5, 5.41) is 0. The third-order valence-corrected chi connectivity index (χ3v) is 1.39. The molecule has 0 atom stereocenters. The molecule has 0 bridgehead atoms. The minimum absolute atomic E-state index is 0.00926. The van der Waals surface area contributed by atoms with Crippen molar-refractivity contribution in [3.8, 4) is 0 Å². The number of rotatable bonds is 1. The van der Waals surface area contributed by atoms with Gasteiger partial charge in [-0.05, 0) is 0 Å². The first-order valence-corrected chi connectivity index (χ1v) is 3.09. The average molecular weight is 171 g/mol. The van der Waals surface area contributed by atoms with Crippen molar-refractivity contribution in [3.63, 3.8) is 0 Å². The van der Waals surface area contributed by atoms with Gasteiger partial charge in [-0.1, -0.05) is 0 Å². The minimum atomic E-state index is 0.00926. The molecule has 0 unspecified atom stereocenters. The van der Waals surface area contributed by atoms with Gasteiger partial charge >= 0.3 is 57.1 Å². The van der Waals surface area contributed by atoms with Gasteiger partial charge in [0.1, 0.15) is 0 Å². The first kappa shape index (κ1) is 6.31. The Hall–Kier alpha value is 0.189. The fraction of sp³-hybridized carbons (Fsp3) is 0. The second-order valence-corrected chi connectivity index (χ2v) is 2.24. The Morgan fingerprint density at radius 3 is 2.12 bits per heavy atom. The van der Waals surface area contributed by atoms with Crippen molar-refractivity contribution in [2.24, 2.45) is 0 Å². The predicted molar refractivity (Wildman–Crippen MR) is 31.2 cm³/mol. The Balaban J connectivity index is 2.35. The molecule has 1 aliphatic rings. The van der Waals surface area contributed by atoms with Gasteiger partial charge in [0.05, 0.1) is 0 Å². The maximum absolute atomic E-state index is 10.5. The first-order chi connectivity index (χ1) is 3.80. The molecule has 1 aliphatic carbocycles. The van der Waals surface area contributed by atoms with Gasteiger partial charge in [0.25, 0.3) is 0 Å². The van der Waals surface area contributed by atoms with Crippen LogP contribution in [-0.4, -0.2) is 20.7 Å². The Labute approximate surface area is 57.7 Å². The summed E-state index contributed by atoms with van der Waals surface area (Å²) in [5.41, 5.74) is 0. The van der Waals surface area contributed by atoms with Crippen LogP contribution in [0.1, 0.15) is 0 Å². The van der Waals surface area contributed by atoms with Crippen LogP contribution in [0.3, 0.4) is 0 Å². The fourth-order valence-electron chi connectivity index (χ4n) is 0.510. The van der Waals surface area contributed by atoms with Crippen molar-refractivity contribution in [1.29, 1.82) is 0 Å². The van der Waals surface area contributed by atoms with Crippen LogP contribution in [0.25, 0.3) is 0 Å². The van der Waals surface area contributed by atoms with Crippen LogP contribution in [-0.2, 0) is 4.79 Å². The summed E-state index contributed by atoms with van der Waals surface area (Å²) >= 11 is 2.40. The van der Waals surface area contributed by atoms with E-state index in [0.29, 0.717) is 0 Å². The third kappa shape index (κ3) is 1.33. The van der Waals surface area contributed by atoms with Crippen molar-refractivity contribution in [2.45, 2.75) is 0 Å². The molecular weight excluding hydrogens is 167 g/mol. The van der Waals surface area contributed by atoms with Crippen LogP contribution >= 0.6 is 0 Å². The molecule has 8 heavy (non-hydrogen) atoms. The number of hydrogen-bond donors (Lipinski definition) is 0. The summed E-state index contributed by atoms with van der Waals surface area (Å²) in [4.78, 5) is 10.5. The van der Waals surface area contributed by atoms with Crippen LogP contribution in [0.5, 0.6) is 0 Å². The molecule has 0 spiro atoms. The standard InChI is InChI=1S/C6H5OSe/c7-6(8)5-3-1-2-4-5/h1-4H,(H,7,8)/p-1. The van der Waals surface area contributed by atoms with Gasteiger partial charge in [-0.2, -0.15) is 0 Å². The second kappa shape index (κ2) is 2.65.